The summed E-state index contributed by atoms with van der Waals surface area (Å²) in [5, 5.41) is 12.2. The third-order valence-electron chi connectivity index (χ3n) is 3.54. The van der Waals surface area contributed by atoms with Crippen molar-refractivity contribution in [3.63, 3.8) is 0 Å². The van der Waals surface area contributed by atoms with Gasteiger partial charge in [0.2, 0.25) is 0 Å². The highest BCUT2D eigenvalue weighted by Gasteiger charge is 2.40. The predicted octanol–water partition coefficient (Wildman–Crippen LogP) is 2.22. The van der Waals surface area contributed by atoms with Crippen molar-refractivity contribution in [1.29, 1.82) is 0 Å². The number of piperidine rings is 1. The number of thiazole rings is 1. The third kappa shape index (κ3) is 1.91. The third-order valence-corrected chi connectivity index (χ3v) is 4.37. The van der Waals surface area contributed by atoms with E-state index >= 15 is 0 Å². The number of rotatable bonds is 3. The summed E-state index contributed by atoms with van der Waals surface area (Å²) in [6.45, 7) is 3.56. The number of hydrogen-bond acceptors (Lipinski definition) is 4. The highest BCUT2D eigenvalue weighted by atomic mass is 32.1. The molecule has 1 fully saturated rings. The first-order valence-electron chi connectivity index (χ1n) is 5.56. The molecule has 1 N–H and O–H groups in total. The van der Waals surface area contributed by atoms with E-state index in [1.807, 2.05) is 12.3 Å². The number of aromatic nitrogens is 1. The van der Waals surface area contributed by atoms with Crippen LogP contribution in [-0.4, -0.2) is 29.1 Å². The summed E-state index contributed by atoms with van der Waals surface area (Å²) >= 11 is 1.61. The van der Waals surface area contributed by atoms with Gasteiger partial charge in [-0.3, -0.25) is 4.79 Å². The molecule has 1 saturated heterocycles. The van der Waals surface area contributed by atoms with E-state index in [9.17, 15) is 9.90 Å². The first kappa shape index (κ1) is 11.4. The Morgan fingerprint density at radius 2 is 2.31 bits per heavy atom. The van der Waals surface area contributed by atoms with E-state index < -0.39 is 11.4 Å². The molecule has 0 amide bonds. The number of hydrogen-bond donors (Lipinski definition) is 1. The molecular weight excluding hydrogens is 224 g/mol. The van der Waals surface area contributed by atoms with E-state index in [2.05, 4.69) is 9.88 Å². The Bertz CT molecular complexity index is 356. The van der Waals surface area contributed by atoms with Gasteiger partial charge < -0.3 is 10.0 Å². The minimum atomic E-state index is -0.645. The van der Waals surface area contributed by atoms with E-state index in [0.29, 0.717) is 6.42 Å². The zero-order chi connectivity index (χ0) is 11.6. The Hall–Kier alpha value is -1.10. The van der Waals surface area contributed by atoms with Crippen molar-refractivity contribution in [3.8, 4) is 0 Å². The maximum atomic E-state index is 11.3. The lowest BCUT2D eigenvalue weighted by molar-refractivity contribution is -0.150. The first-order valence-corrected chi connectivity index (χ1v) is 6.44. The maximum Gasteiger partial charge on any atom is 0.309 e. The highest BCUT2D eigenvalue weighted by molar-refractivity contribution is 7.13. The second-order valence-corrected chi connectivity index (χ2v) is 5.11. The van der Waals surface area contributed by atoms with Crippen LogP contribution in [0.25, 0.3) is 0 Å². The molecule has 0 bridgehead atoms. The molecule has 4 nitrogen and oxygen atoms in total. The van der Waals surface area contributed by atoms with Crippen LogP contribution in [0.4, 0.5) is 5.13 Å². The van der Waals surface area contributed by atoms with E-state index in [-0.39, 0.29) is 0 Å². The van der Waals surface area contributed by atoms with Gasteiger partial charge in [-0.1, -0.05) is 6.92 Å². The Balaban J connectivity index is 2.04. The molecule has 0 saturated carbocycles. The highest BCUT2D eigenvalue weighted by Crippen LogP contribution is 2.36. The molecule has 1 aliphatic rings. The molecule has 1 aromatic heterocycles. The topological polar surface area (TPSA) is 53.4 Å². The molecular formula is C11H16N2O2S. The Morgan fingerprint density at radius 1 is 1.62 bits per heavy atom. The minimum absolute atomic E-state index is 0.506. The SMILES string of the molecule is CCC1(C(=O)O)CCN(c2nccs2)CC1. The molecule has 1 aliphatic heterocycles. The Morgan fingerprint density at radius 3 is 2.75 bits per heavy atom. The van der Waals surface area contributed by atoms with Gasteiger partial charge in [-0.2, -0.15) is 0 Å². The first-order chi connectivity index (χ1) is 7.68. The number of carboxylic acid groups (broad SMARTS) is 1. The summed E-state index contributed by atoms with van der Waals surface area (Å²) in [7, 11) is 0. The number of carboxylic acids is 1. The van der Waals surface area contributed by atoms with Crippen LogP contribution in [0.15, 0.2) is 11.6 Å². The predicted molar refractivity (Wildman–Crippen MR) is 63.9 cm³/mol. The largest absolute Gasteiger partial charge is 0.481 e. The van der Waals surface area contributed by atoms with E-state index in [0.717, 1.165) is 31.1 Å². The molecule has 0 radical (unpaired) electrons. The fraction of sp³-hybridized carbons (Fsp3) is 0.636. The smallest absolute Gasteiger partial charge is 0.309 e. The van der Waals surface area contributed by atoms with Gasteiger partial charge in [0.25, 0.3) is 0 Å². The van der Waals surface area contributed by atoms with Gasteiger partial charge in [0.1, 0.15) is 0 Å². The molecule has 1 aromatic rings. The zero-order valence-electron chi connectivity index (χ0n) is 9.35. The molecule has 5 heteroatoms. The van der Waals surface area contributed by atoms with Crippen molar-refractivity contribution < 1.29 is 9.90 Å². The van der Waals surface area contributed by atoms with Gasteiger partial charge in [-0.05, 0) is 19.3 Å². The number of anilines is 1. The number of aliphatic carboxylic acids is 1. The van der Waals surface area contributed by atoms with E-state index in [1.54, 1.807) is 17.5 Å². The summed E-state index contributed by atoms with van der Waals surface area (Å²) in [6, 6.07) is 0. The molecule has 0 atom stereocenters. The van der Waals surface area contributed by atoms with Crippen LogP contribution in [-0.2, 0) is 4.79 Å². The van der Waals surface area contributed by atoms with Gasteiger partial charge >= 0.3 is 5.97 Å². The van der Waals surface area contributed by atoms with Crippen LogP contribution in [0.1, 0.15) is 26.2 Å². The van der Waals surface area contributed by atoms with Crippen LogP contribution in [0.5, 0.6) is 0 Å². The number of nitrogens with zero attached hydrogens (tertiary/aromatic N) is 2. The van der Waals surface area contributed by atoms with Crippen molar-refractivity contribution in [2.75, 3.05) is 18.0 Å². The van der Waals surface area contributed by atoms with E-state index in [1.165, 1.54) is 0 Å². The minimum Gasteiger partial charge on any atom is -0.481 e. The summed E-state index contributed by atoms with van der Waals surface area (Å²) < 4.78 is 0. The normalized spacial score (nSPS) is 19.7. The molecule has 0 aromatic carbocycles. The van der Waals surface area contributed by atoms with E-state index in [4.69, 9.17) is 0 Å². The van der Waals surface area contributed by atoms with Gasteiger partial charge in [0, 0.05) is 24.7 Å². The van der Waals surface area contributed by atoms with Crippen LogP contribution >= 0.6 is 11.3 Å². The second kappa shape index (κ2) is 4.41. The van der Waals surface area contributed by atoms with Gasteiger partial charge in [0.15, 0.2) is 5.13 Å². The molecule has 0 aliphatic carbocycles. The molecule has 2 heterocycles. The summed E-state index contributed by atoms with van der Waals surface area (Å²) in [5.74, 6) is -0.645. The lowest BCUT2D eigenvalue weighted by atomic mass is 9.76. The molecule has 16 heavy (non-hydrogen) atoms. The summed E-state index contributed by atoms with van der Waals surface area (Å²) in [5.41, 5.74) is -0.506. The average molecular weight is 240 g/mol. The standard InChI is InChI=1S/C11H16N2O2S/c1-2-11(9(14)15)3-6-13(7-4-11)10-12-5-8-16-10/h5,8H,2-4,6-7H2,1H3,(H,14,15). The number of carbonyl (C=O) groups is 1. The zero-order valence-corrected chi connectivity index (χ0v) is 10.2. The van der Waals surface area contributed by atoms with Crippen LogP contribution < -0.4 is 4.90 Å². The monoisotopic (exact) mass is 240 g/mol. The van der Waals surface area contributed by atoms with Crippen LogP contribution in [0.2, 0.25) is 0 Å². The molecule has 88 valence electrons. The lowest BCUT2D eigenvalue weighted by Crippen LogP contribution is -2.44. The summed E-state index contributed by atoms with van der Waals surface area (Å²) in [6.07, 6.45) is 3.95. The average Bonchev–Trinajstić information content (AvgIpc) is 2.82. The van der Waals surface area contributed by atoms with Crippen molar-refractivity contribution in [1.82, 2.24) is 4.98 Å². The maximum absolute atomic E-state index is 11.3. The summed E-state index contributed by atoms with van der Waals surface area (Å²) in [4.78, 5) is 17.7. The van der Waals surface area contributed by atoms with Crippen LogP contribution in [0.3, 0.4) is 0 Å². The lowest BCUT2D eigenvalue weighted by Gasteiger charge is -2.38. The Kier molecular flexibility index (Phi) is 3.14. The van der Waals surface area contributed by atoms with Gasteiger partial charge in [-0.15, -0.1) is 11.3 Å². The Labute approximate surface area is 98.9 Å². The molecule has 0 spiro atoms. The molecule has 2 rings (SSSR count). The fourth-order valence-corrected chi connectivity index (χ4v) is 2.91. The van der Waals surface area contributed by atoms with Crippen molar-refractivity contribution in [2.24, 2.45) is 5.41 Å². The fourth-order valence-electron chi connectivity index (χ4n) is 2.22. The van der Waals surface area contributed by atoms with Crippen molar-refractivity contribution in [3.05, 3.63) is 11.6 Å². The molecule has 0 unspecified atom stereocenters. The quantitative estimate of drug-likeness (QED) is 0.880. The van der Waals surface area contributed by atoms with Gasteiger partial charge in [-0.25, -0.2) is 4.98 Å². The van der Waals surface area contributed by atoms with Crippen molar-refractivity contribution >= 4 is 22.4 Å². The van der Waals surface area contributed by atoms with Crippen LogP contribution in [0, 0.1) is 5.41 Å². The van der Waals surface area contributed by atoms with Crippen molar-refractivity contribution in [2.45, 2.75) is 26.2 Å². The second-order valence-electron chi connectivity index (χ2n) is 4.24. The van der Waals surface area contributed by atoms with Gasteiger partial charge in [0.05, 0.1) is 5.41 Å².